The molecule has 0 amide bonds. The third-order valence-electron chi connectivity index (χ3n) is 2.48. The van der Waals surface area contributed by atoms with Crippen LogP contribution in [0, 0.1) is 5.82 Å². The molecule has 0 aliphatic carbocycles. The molecule has 3 rings (SSSR count). The van der Waals surface area contributed by atoms with Gasteiger partial charge >= 0.3 is 0 Å². The topological polar surface area (TPSA) is 41.6 Å². The first-order chi connectivity index (χ1) is 8.24. The van der Waals surface area contributed by atoms with Gasteiger partial charge in [-0.05, 0) is 24.3 Å². The minimum absolute atomic E-state index is 0.0843. The Hall–Kier alpha value is -1.94. The molecular weight excluding hydrogens is 241 g/mol. The molecule has 0 spiro atoms. The number of aromatic nitrogens is 3. The molecule has 0 saturated carbocycles. The van der Waals surface area contributed by atoms with Crippen LogP contribution in [0.4, 0.5) is 4.39 Å². The molecule has 3 aromatic rings. The van der Waals surface area contributed by atoms with Crippen LogP contribution in [-0.2, 0) is 0 Å². The third-order valence-corrected chi connectivity index (χ3v) is 2.77. The molecule has 0 fully saturated rings. The summed E-state index contributed by atoms with van der Waals surface area (Å²) in [6.45, 7) is 0. The van der Waals surface area contributed by atoms with E-state index in [0.29, 0.717) is 5.82 Å². The monoisotopic (exact) mass is 247 g/mol. The van der Waals surface area contributed by atoms with Crippen LogP contribution in [0.1, 0.15) is 0 Å². The Morgan fingerprint density at radius 1 is 1.24 bits per heavy atom. The van der Waals surface area contributed by atoms with E-state index >= 15 is 0 Å². The summed E-state index contributed by atoms with van der Waals surface area (Å²) in [6.07, 6.45) is 3.36. The molecule has 17 heavy (non-hydrogen) atoms. The van der Waals surface area contributed by atoms with Gasteiger partial charge in [0.25, 0.3) is 0 Å². The minimum Gasteiger partial charge on any atom is -0.337 e. The molecule has 0 unspecified atom stereocenters. The molecule has 0 atom stereocenters. The molecule has 1 N–H and O–H groups in total. The van der Waals surface area contributed by atoms with Crippen molar-refractivity contribution in [3.8, 4) is 11.4 Å². The van der Waals surface area contributed by atoms with Gasteiger partial charge in [-0.1, -0.05) is 11.6 Å². The van der Waals surface area contributed by atoms with Crippen LogP contribution in [0.3, 0.4) is 0 Å². The number of H-pyrrole nitrogens is 1. The second-order valence-electron chi connectivity index (χ2n) is 3.61. The van der Waals surface area contributed by atoms with E-state index in [1.165, 1.54) is 6.07 Å². The summed E-state index contributed by atoms with van der Waals surface area (Å²) in [5, 5.41) is 0.0843. The summed E-state index contributed by atoms with van der Waals surface area (Å²) in [4.78, 5) is 11.5. The predicted molar refractivity (Wildman–Crippen MR) is 64.3 cm³/mol. The van der Waals surface area contributed by atoms with Gasteiger partial charge in [0.1, 0.15) is 11.6 Å². The summed E-state index contributed by atoms with van der Waals surface area (Å²) in [5.41, 5.74) is 2.39. The molecule has 1 aromatic carbocycles. The zero-order valence-electron chi connectivity index (χ0n) is 8.61. The van der Waals surface area contributed by atoms with E-state index in [-0.39, 0.29) is 5.02 Å². The molecule has 0 aliphatic heterocycles. The lowest BCUT2D eigenvalue weighted by atomic mass is 10.2. The first kappa shape index (κ1) is 10.2. The van der Waals surface area contributed by atoms with Gasteiger partial charge in [0.15, 0.2) is 0 Å². The molecule has 0 bridgehead atoms. The van der Waals surface area contributed by atoms with Gasteiger partial charge in [0, 0.05) is 11.8 Å². The molecule has 84 valence electrons. The average Bonchev–Trinajstić information content (AvgIpc) is 2.76. The maximum atomic E-state index is 13.0. The van der Waals surface area contributed by atoms with Crippen LogP contribution in [-0.4, -0.2) is 15.0 Å². The van der Waals surface area contributed by atoms with Crippen molar-refractivity contribution in [2.45, 2.75) is 0 Å². The van der Waals surface area contributed by atoms with Crippen molar-refractivity contribution in [1.29, 1.82) is 0 Å². The van der Waals surface area contributed by atoms with Gasteiger partial charge in [-0.2, -0.15) is 0 Å². The predicted octanol–water partition coefficient (Wildman–Crippen LogP) is 3.42. The van der Waals surface area contributed by atoms with E-state index in [9.17, 15) is 4.39 Å². The maximum absolute atomic E-state index is 13.0. The van der Waals surface area contributed by atoms with Crippen LogP contribution in [0.2, 0.25) is 5.02 Å². The van der Waals surface area contributed by atoms with E-state index < -0.39 is 5.82 Å². The first-order valence-electron chi connectivity index (χ1n) is 4.99. The van der Waals surface area contributed by atoms with Crippen molar-refractivity contribution in [2.75, 3.05) is 0 Å². The Bertz CT molecular complexity index is 660. The number of hydrogen-bond donors (Lipinski definition) is 1. The number of hydrogen-bond acceptors (Lipinski definition) is 2. The van der Waals surface area contributed by atoms with Crippen molar-refractivity contribution in [3.05, 3.63) is 47.5 Å². The van der Waals surface area contributed by atoms with Crippen LogP contribution in [0.5, 0.6) is 0 Å². The molecule has 0 aliphatic rings. The van der Waals surface area contributed by atoms with Crippen molar-refractivity contribution in [3.63, 3.8) is 0 Å². The number of nitrogens with one attached hydrogen (secondary N) is 1. The van der Waals surface area contributed by atoms with Crippen LogP contribution >= 0.6 is 11.6 Å². The lowest BCUT2D eigenvalue weighted by Gasteiger charge is -1.98. The average molecular weight is 248 g/mol. The number of imidazole rings is 1. The minimum atomic E-state index is -0.437. The van der Waals surface area contributed by atoms with E-state index in [1.807, 2.05) is 0 Å². The van der Waals surface area contributed by atoms with Crippen LogP contribution < -0.4 is 0 Å². The van der Waals surface area contributed by atoms with E-state index in [2.05, 4.69) is 15.0 Å². The van der Waals surface area contributed by atoms with Gasteiger partial charge in [0.05, 0.1) is 22.3 Å². The molecule has 0 saturated heterocycles. The fourth-order valence-corrected chi connectivity index (χ4v) is 1.82. The second-order valence-corrected chi connectivity index (χ2v) is 4.01. The summed E-state index contributed by atoms with van der Waals surface area (Å²) >= 11 is 5.73. The van der Waals surface area contributed by atoms with E-state index in [4.69, 9.17) is 11.6 Å². The van der Waals surface area contributed by atoms with E-state index in [1.54, 1.807) is 30.6 Å². The summed E-state index contributed by atoms with van der Waals surface area (Å²) in [5.74, 6) is 0.211. The van der Waals surface area contributed by atoms with Gasteiger partial charge in [-0.15, -0.1) is 0 Å². The Kier molecular flexibility index (Phi) is 2.30. The largest absolute Gasteiger partial charge is 0.337 e. The highest BCUT2D eigenvalue weighted by Crippen LogP contribution is 2.24. The Morgan fingerprint density at radius 2 is 2.12 bits per heavy atom. The normalized spacial score (nSPS) is 10.9. The second kappa shape index (κ2) is 3.82. The smallest absolute Gasteiger partial charge is 0.141 e. The molecular formula is C12H7ClFN3. The summed E-state index contributed by atoms with van der Waals surface area (Å²) in [7, 11) is 0. The van der Waals surface area contributed by atoms with E-state index in [0.717, 1.165) is 16.6 Å². The SMILES string of the molecule is Fc1ccc(-c2nc3ccncc3[nH]2)cc1Cl. The highest BCUT2D eigenvalue weighted by Gasteiger charge is 2.07. The molecule has 3 nitrogen and oxygen atoms in total. The van der Waals surface area contributed by atoms with Gasteiger partial charge in [-0.25, -0.2) is 9.37 Å². The molecule has 2 aromatic heterocycles. The number of benzene rings is 1. The van der Waals surface area contributed by atoms with Crippen molar-refractivity contribution in [1.82, 2.24) is 15.0 Å². The molecule has 2 heterocycles. The highest BCUT2D eigenvalue weighted by atomic mass is 35.5. The number of pyridine rings is 1. The van der Waals surface area contributed by atoms with Gasteiger partial charge in [0.2, 0.25) is 0 Å². The number of aromatic amines is 1. The van der Waals surface area contributed by atoms with Gasteiger partial charge in [-0.3, -0.25) is 4.98 Å². The maximum Gasteiger partial charge on any atom is 0.141 e. The fraction of sp³-hybridized carbons (Fsp3) is 0. The zero-order valence-corrected chi connectivity index (χ0v) is 9.37. The van der Waals surface area contributed by atoms with Crippen LogP contribution in [0.15, 0.2) is 36.7 Å². The Morgan fingerprint density at radius 3 is 2.88 bits per heavy atom. The number of fused-ring (bicyclic) bond motifs is 1. The zero-order chi connectivity index (χ0) is 11.8. The fourth-order valence-electron chi connectivity index (χ4n) is 1.64. The lowest BCUT2D eigenvalue weighted by Crippen LogP contribution is -1.82. The Labute approximate surface area is 101 Å². The van der Waals surface area contributed by atoms with Crippen LogP contribution in [0.25, 0.3) is 22.4 Å². The quantitative estimate of drug-likeness (QED) is 0.716. The van der Waals surface area contributed by atoms with Crippen molar-refractivity contribution in [2.24, 2.45) is 0 Å². The number of halogens is 2. The highest BCUT2D eigenvalue weighted by molar-refractivity contribution is 6.31. The number of nitrogens with zero attached hydrogens (tertiary/aromatic N) is 2. The van der Waals surface area contributed by atoms with Gasteiger partial charge < -0.3 is 4.98 Å². The summed E-state index contributed by atoms with van der Waals surface area (Å²) in [6, 6.07) is 6.30. The van der Waals surface area contributed by atoms with Crippen molar-refractivity contribution < 1.29 is 4.39 Å². The molecule has 5 heteroatoms. The number of rotatable bonds is 1. The standard InChI is InChI=1S/C12H7ClFN3/c13-8-5-7(1-2-9(8)14)12-16-10-3-4-15-6-11(10)17-12/h1-6H,(H,16,17). The van der Waals surface area contributed by atoms with Crippen molar-refractivity contribution >= 4 is 22.6 Å². The third kappa shape index (κ3) is 1.76. The molecule has 0 radical (unpaired) electrons. The Balaban J connectivity index is 2.17. The first-order valence-corrected chi connectivity index (χ1v) is 5.37. The lowest BCUT2D eigenvalue weighted by molar-refractivity contribution is 0.628. The summed E-state index contributed by atoms with van der Waals surface area (Å²) < 4.78 is 13.0.